The second-order valence-corrected chi connectivity index (χ2v) is 7.25. The van der Waals surface area contributed by atoms with Crippen LogP contribution in [0.15, 0.2) is 30.3 Å². The van der Waals surface area contributed by atoms with Gasteiger partial charge in [-0.1, -0.05) is 44.2 Å². The minimum Gasteiger partial charge on any atom is -0.340 e. The van der Waals surface area contributed by atoms with Gasteiger partial charge in [0.1, 0.15) is 0 Å². The molecule has 2 atom stereocenters. The van der Waals surface area contributed by atoms with Crippen LogP contribution in [0, 0.1) is 5.92 Å². The monoisotopic (exact) mass is 317 g/mol. The van der Waals surface area contributed by atoms with E-state index >= 15 is 0 Å². The molecule has 4 heteroatoms. The molecule has 0 aliphatic carbocycles. The first-order valence-electron chi connectivity index (χ1n) is 8.74. The number of likely N-dealkylation sites (tertiary alicyclic amines) is 1. The molecule has 0 bridgehead atoms. The van der Waals surface area contributed by atoms with Gasteiger partial charge in [-0.3, -0.25) is 9.69 Å². The summed E-state index contributed by atoms with van der Waals surface area (Å²) in [7, 11) is 0. The maximum absolute atomic E-state index is 12.5. The predicted octanol–water partition coefficient (Wildman–Crippen LogP) is 2.48. The third kappa shape index (κ3) is 4.55. The fourth-order valence-corrected chi connectivity index (χ4v) is 3.24. The molecule has 2 rings (SSSR count). The largest absolute Gasteiger partial charge is 0.340 e. The molecule has 1 aromatic rings. The Hall–Kier alpha value is -1.39. The van der Waals surface area contributed by atoms with Crippen molar-refractivity contribution in [1.29, 1.82) is 0 Å². The molecule has 0 spiro atoms. The van der Waals surface area contributed by atoms with E-state index in [0.29, 0.717) is 12.1 Å². The van der Waals surface area contributed by atoms with Crippen LogP contribution in [0.25, 0.3) is 0 Å². The zero-order chi connectivity index (χ0) is 17.0. The van der Waals surface area contributed by atoms with Gasteiger partial charge in [-0.15, -0.1) is 0 Å². The first-order chi connectivity index (χ1) is 10.9. The quantitative estimate of drug-likeness (QED) is 0.877. The fraction of sp³-hybridized carbons (Fsp3) is 0.632. The van der Waals surface area contributed by atoms with Gasteiger partial charge in [-0.25, -0.2) is 0 Å². The molecule has 1 unspecified atom stereocenters. The smallest absolute Gasteiger partial charge is 0.239 e. The lowest BCUT2D eigenvalue weighted by Gasteiger charge is -2.33. The molecule has 0 aromatic heterocycles. The molecule has 1 amide bonds. The topological polar surface area (TPSA) is 49.6 Å². The number of hydrogen-bond acceptors (Lipinski definition) is 3. The molecule has 128 valence electrons. The average molecular weight is 317 g/mol. The summed E-state index contributed by atoms with van der Waals surface area (Å²) in [4.78, 5) is 16.9. The predicted molar refractivity (Wildman–Crippen MR) is 94.9 cm³/mol. The summed E-state index contributed by atoms with van der Waals surface area (Å²) in [5.74, 6) is 0.290. The normalized spacial score (nSPS) is 19.8. The van der Waals surface area contributed by atoms with Crippen molar-refractivity contribution in [3.63, 3.8) is 0 Å². The highest BCUT2D eigenvalue weighted by Gasteiger charge is 2.34. The number of benzene rings is 1. The fourth-order valence-electron chi connectivity index (χ4n) is 3.24. The maximum atomic E-state index is 12.5. The molecule has 2 N–H and O–H groups in total. The van der Waals surface area contributed by atoms with Crippen LogP contribution in [-0.2, 0) is 11.3 Å². The Labute approximate surface area is 140 Å². The van der Waals surface area contributed by atoms with Gasteiger partial charge in [0, 0.05) is 31.7 Å². The van der Waals surface area contributed by atoms with Gasteiger partial charge in [0.2, 0.25) is 5.91 Å². The lowest BCUT2D eigenvalue weighted by atomic mass is 10.0. The van der Waals surface area contributed by atoms with Gasteiger partial charge >= 0.3 is 0 Å². The average Bonchev–Trinajstić information content (AvgIpc) is 3.01. The summed E-state index contributed by atoms with van der Waals surface area (Å²) in [5.41, 5.74) is 7.36. The van der Waals surface area contributed by atoms with Gasteiger partial charge in [-0.2, -0.15) is 0 Å². The molecular weight excluding hydrogens is 286 g/mol. The van der Waals surface area contributed by atoms with Gasteiger partial charge < -0.3 is 10.6 Å². The van der Waals surface area contributed by atoms with Crippen molar-refractivity contribution in [1.82, 2.24) is 9.80 Å². The zero-order valence-electron chi connectivity index (χ0n) is 14.9. The molecule has 0 radical (unpaired) electrons. The van der Waals surface area contributed by atoms with E-state index in [0.717, 1.165) is 26.1 Å². The Morgan fingerprint density at radius 1 is 1.26 bits per heavy atom. The van der Waals surface area contributed by atoms with E-state index in [9.17, 15) is 4.79 Å². The summed E-state index contributed by atoms with van der Waals surface area (Å²) in [5, 5.41) is 0. The van der Waals surface area contributed by atoms with Crippen LogP contribution in [0.5, 0.6) is 0 Å². The van der Waals surface area contributed by atoms with E-state index in [1.54, 1.807) is 0 Å². The second kappa shape index (κ2) is 7.93. The van der Waals surface area contributed by atoms with Crippen molar-refractivity contribution in [2.45, 2.75) is 58.8 Å². The molecule has 1 saturated heterocycles. The summed E-state index contributed by atoms with van der Waals surface area (Å²) >= 11 is 0. The van der Waals surface area contributed by atoms with Crippen LogP contribution in [0.3, 0.4) is 0 Å². The molecule has 1 aliphatic heterocycles. The zero-order valence-corrected chi connectivity index (χ0v) is 14.9. The number of hydrogen-bond donors (Lipinski definition) is 1. The highest BCUT2D eigenvalue weighted by molar-refractivity contribution is 5.82. The minimum absolute atomic E-state index is 0.103. The van der Waals surface area contributed by atoms with E-state index < -0.39 is 0 Å². The molecule has 1 aliphatic rings. The third-order valence-electron chi connectivity index (χ3n) is 4.82. The molecule has 1 aromatic carbocycles. The Kier molecular flexibility index (Phi) is 6.19. The third-order valence-corrected chi connectivity index (χ3v) is 4.82. The van der Waals surface area contributed by atoms with Crippen LogP contribution >= 0.6 is 0 Å². The van der Waals surface area contributed by atoms with Crippen LogP contribution < -0.4 is 5.73 Å². The van der Waals surface area contributed by atoms with Crippen LogP contribution in [-0.4, -0.2) is 46.9 Å². The lowest BCUT2D eigenvalue weighted by molar-refractivity contribution is -0.132. The molecular formula is C19H31N3O. The van der Waals surface area contributed by atoms with E-state index in [1.807, 2.05) is 24.8 Å². The van der Waals surface area contributed by atoms with Gasteiger partial charge in [-0.05, 0) is 31.7 Å². The summed E-state index contributed by atoms with van der Waals surface area (Å²) in [6, 6.07) is 11.0. The Bertz CT molecular complexity index is 501. The van der Waals surface area contributed by atoms with Crippen molar-refractivity contribution < 1.29 is 4.79 Å². The number of rotatable bonds is 6. The van der Waals surface area contributed by atoms with Gasteiger partial charge in [0.25, 0.3) is 0 Å². The van der Waals surface area contributed by atoms with Crippen molar-refractivity contribution in [2.24, 2.45) is 11.7 Å². The number of amides is 1. The maximum Gasteiger partial charge on any atom is 0.239 e. The first kappa shape index (κ1) is 18.0. The van der Waals surface area contributed by atoms with E-state index in [4.69, 9.17) is 5.73 Å². The summed E-state index contributed by atoms with van der Waals surface area (Å²) in [6.45, 7) is 11.0. The molecule has 23 heavy (non-hydrogen) atoms. The molecule has 1 heterocycles. The van der Waals surface area contributed by atoms with Gasteiger partial charge in [0.15, 0.2) is 0 Å². The Balaban J connectivity index is 2.01. The van der Waals surface area contributed by atoms with Gasteiger partial charge in [0.05, 0.1) is 6.04 Å². The Morgan fingerprint density at radius 3 is 2.48 bits per heavy atom. The van der Waals surface area contributed by atoms with Crippen LogP contribution in [0.1, 0.15) is 39.7 Å². The second-order valence-electron chi connectivity index (χ2n) is 7.25. The number of carbonyl (C=O) groups excluding carboxylic acids is 1. The first-order valence-corrected chi connectivity index (χ1v) is 8.74. The molecule has 0 saturated carbocycles. The highest BCUT2D eigenvalue weighted by atomic mass is 16.2. The molecule has 1 fully saturated rings. The summed E-state index contributed by atoms with van der Waals surface area (Å²) in [6.07, 6.45) is 1.03. The lowest BCUT2D eigenvalue weighted by Crippen LogP contribution is -2.47. The van der Waals surface area contributed by atoms with E-state index in [1.165, 1.54) is 5.56 Å². The molecule has 4 nitrogen and oxygen atoms in total. The van der Waals surface area contributed by atoms with Crippen molar-refractivity contribution in [3.05, 3.63) is 35.9 Å². The number of nitrogens with zero attached hydrogens (tertiary/aromatic N) is 2. The van der Waals surface area contributed by atoms with Crippen LogP contribution in [0.4, 0.5) is 0 Å². The van der Waals surface area contributed by atoms with Crippen molar-refractivity contribution >= 4 is 5.91 Å². The minimum atomic E-state index is -0.379. The highest BCUT2D eigenvalue weighted by Crippen LogP contribution is 2.21. The SMILES string of the molecule is CC(C)C(N)C(=O)N1CC[C@H](N(Cc2ccccc2)C(C)C)C1. The standard InChI is InChI=1S/C19H31N3O/c1-14(2)18(20)19(23)21-11-10-17(13-21)22(15(3)4)12-16-8-6-5-7-9-16/h5-9,14-15,17-18H,10-13,20H2,1-4H3/t17-,18?/m0/s1. The number of carbonyl (C=O) groups is 1. The van der Waals surface area contributed by atoms with Crippen molar-refractivity contribution in [3.8, 4) is 0 Å². The van der Waals surface area contributed by atoms with E-state index in [-0.39, 0.29) is 17.9 Å². The van der Waals surface area contributed by atoms with E-state index in [2.05, 4.69) is 43.0 Å². The summed E-state index contributed by atoms with van der Waals surface area (Å²) < 4.78 is 0. The van der Waals surface area contributed by atoms with Crippen molar-refractivity contribution in [2.75, 3.05) is 13.1 Å². The Morgan fingerprint density at radius 2 is 1.91 bits per heavy atom. The number of nitrogens with two attached hydrogens (primary N) is 1. The van der Waals surface area contributed by atoms with Crippen LogP contribution in [0.2, 0.25) is 0 Å².